The van der Waals surface area contributed by atoms with E-state index in [1.165, 1.54) is 6.42 Å². The molecule has 5 nitrogen and oxygen atoms in total. The van der Waals surface area contributed by atoms with Gasteiger partial charge in [0.1, 0.15) is 0 Å². The highest BCUT2D eigenvalue weighted by atomic mass is 16.5. The molecule has 108 valence electrons. The highest BCUT2D eigenvalue weighted by Gasteiger charge is 2.42. The van der Waals surface area contributed by atoms with Crippen molar-refractivity contribution in [2.75, 3.05) is 39.3 Å². The van der Waals surface area contributed by atoms with Gasteiger partial charge in [0.15, 0.2) is 0 Å². The quantitative estimate of drug-likeness (QED) is 0.793. The lowest BCUT2D eigenvalue weighted by Crippen LogP contribution is -2.57. The second-order valence-corrected chi connectivity index (χ2v) is 6.22. The minimum atomic E-state index is -0.433. The molecule has 1 atom stereocenters. The number of hydrogen-bond donors (Lipinski definition) is 1. The van der Waals surface area contributed by atoms with Gasteiger partial charge in [-0.05, 0) is 25.7 Å². The summed E-state index contributed by atoms with van der Waals surface area (Å²) < 4.78 is 5.88. The Bertz CT molecular complexity index is 344. The van der Waals surface area contributed by atoms with Gasteiger partial charge >= 0.3 is 0 Å². The Morgan fingerprint density at radius 3 is 2.74 bits per heavy atom. The van der Waals surface area contributed by atoms with E-state index in [9.17, 15) is 9.90 Å². The van der Waals surface area contributed by atoms with Crippen LogP contribution in [0.5, 0.6) is 0 Å². The number of amides is 1. The van der Waals surface area contributed by atoms with Crippen LogP contribution in [0, 0.1) is 0 Å². The summed E-state index contributed by atoms with van der Waals surface area (Å²) in [5.74, 6) is 0.191. The van der Waals surface area contributed by atoms with Crippen molar-refractivity contribution >= 4 is 5.91 Å². The first-order chi connectivity index (χ1) is 9.17. The Kier molecular flexibility index (Phi) is 3.78. The van der Waals surface area contributed by atoms with Crippen molar-refractivity contribution in [3.8, 4) is 0 Å². The van der Waals surface area contributed by atoms with Crippen LogP contribution >= 0.6 is 0 Å². The predicted octanol–water partition coefficient (Wildman–Crippen LogP) is 0.225. The van der Waals surface area contributed by atoms with E-state index in [1.807, 2.05) is 0 Å². The molecule has 19 heavy (non-hydrogen) atoms. The van der Waals surface area contributed by atoms with Crippen LogP contribution in [0.2, 0.25) is 0 Å². The van der Waals surface area contributed by atoms with E-state index < -0.39 is 6.10 Å². The molecule has 1 amide bonds. The zero-order valence-corrected chi connectivity index (χ0v) is 11.5. The molecule has 1 N–H and O–H groups in total. The van der Waals surface area contributed by atoms with E-state index in [-0.39, 0.29) is 11.5 Å². The standard InChI is InChI=1S/C14H24N2O3/c17-12(10-16-6-1-3-13(16)18)9-15-7-8-19-14(11-15)4-2-5-14/h12,17H,1-11H2. The number of carbonyl (C=O) groups excluding carboxylic acids is 1. The molecule has 2 heterocycles. The van der Waals surface area contributed by atoms with Crippen molar-refractivity contribution in [3.05, 3.63) is 0 Å². The largest absolute Gasteiger partial charge is 0.390 e. The van der Waals surface area contributed by atoms with Gasteiger partial charge in [0, 0.05) is 39.1 Å². The molecule has 0 aromatic carbocycles. The van der Waals surface area contributed by atoms with Crippen LogP contribution in [-0.2, 0) is 9.53 Å². The summed E-state index contributed by atoms with van der Waals surface area (Å²) in [6.07, 6.45) is 4.73. The Morgan fingerprint density at radius 2 is 2.11 bits per heavy atom. The Balaban J connectivity index is 1.46. The van der Waals surface area contributed by atoms with E-state index in [0.717, 1.165) is 45.5 Å². The van der Waals surface area contributed by atoms with Gasteiger partial charge < -0.3 is 14.7 Å². The van der Waals surface area contributed by atoms with Crippen molar-refractivity contribution in [2.24, 2.45) is 0 Å². The van der Waals surface area contributed by atoms with Gasteiger partial charge in [0.05, 0.1) is 18.3 Å². The molecule has 2 saturated heterocycles. The monoisotopic (exact) mass is 268 g/mol. The SMILES string of the molecule is O=C1CCCN1CC(O)CN1CCOC2(CCC2)C1. The highest BCUT2D eigenvalue weighted by Crippen LogP contribution is 2.38. The molecule has 0 bridgehead atoms. The first-order valence-electron chi connectivity index (χ1n) is 7.49. The second-order valence-electron chi connectivity index (χ2n) is 6.22. The number of ether oxygens (including phenoxy) is 1. The topological polar surface area (TPSA) is 53.0 Å². The lowest BCUT2D eigenvalue weighted by Gasteiger charge is -2.48. The molecule has 1 spiro atoms. The Labute approximate surface area is 114 Å². The number of morpholine rings is 1. The average Bonchev–Trinajstić information content (AvgIpc) is 2.73. The predicted molar refractivity (Wildman–Crippen MR) is 70.8 cm³/mol. The van der Waals surface area contributed by atoms with Gasteiger partial charge in [0.2, 0.25) is 5.91 Å². The molecular weight excluding hydrogens is 244 g/mol. The summed E-state index contributed by atoms with van der Waals surface area (Å²) in [6.45, 7) is 4.57. The van der Waals surface area contributed by atoms with E-state index in [1.54, 1.807) is 4.90 Å². The molecule has 3 rings (SSSR count). The van der Waals surface area contributed by atoms with Crippen LogP contribution in [0.4, 0.5) is 0 Å². The third-order valence-corrected chi connectivity index (χ3v) is 4.66. The molecule has 0 aromatic rings. The van der Waals surface area contributed by atoms with E-state index >= 15 is 0 Å². The smallest absolute Gasteiger partial charge is 0.222 e. The van der Waals surface area contributed by atoms with Crippen LogP contribution in [-0.4, -0.2) is 71.8 Å². The third kappa shape index (κ3) is 2.93. The fraction of sp³-hybridized carbons (Fsp3) is 0.929. The molecule has 5 heteroatoms. The van der Waals surface area contributed by atoms with E-state index in [4.69, 9.17) is 4.74 Å². The van der Waals surface area contributed by atoms with Crippen LogP contribution < -0.4 is 0 Å². The molecule has 1 unspecified atom stereocenters. The molecule has 1 saturated carbocycles. The lowest BCUT2D eigenvalue weighted by molar-refractivity contribution is -0.155. The lowest BCUT2D eigenvalue weighted by atomic mass is 9.79. The maximum absolute atomic E-state index is 11.5. The number of β-amino-alcohol motifs (C(OH)–C–C–N with tert-alkyl or cyclic N) is 1. The average molecular weight is 268 g/mol. The van der Waals surface area contributed by atoms with Crippen molar-refractivity contribution in [2.45, 2.75) is 43.8 Å². The van der Waals surface area contributed by atoms with Crippen molar-refractivity contribution in [1.82, 2.24) is 9.80 Å². The summed E-state index contributed by atoms with van der Waals surface area (Å²) in [4.78, 5) is 15.6. The number of nitrogens with zero attached hydrogens (tertiary/aromatic N) is 2. The minimum absolute atomic E-state index is 0.0848. The summed E-state index contributed by atoms with van der Waals surface area (Å²) >= 11 is 0. The number of carbonyl (C=O) groups is 1. The van der Waals surface area contributed by atoms with Crippen LogP contribution in [0.1, 0.15) is 32.1 Å². The molecule has 3 fully saturated rings. The van der Waals surface area contributed by atoms with Crippen LogP contribution in [0.25, 0.3) is 0 Å². The maximum Gasteiger partial charge on any atom is 0.222 e. The summed E-state index contributed by atoms with van der Waals surface area (Å²) in [5, 5.41) is 10.2. The third-order valence-electron chi connectivity index (χ3n) is 4.66. The molecule has 0 radical (unpaired) electrons. The summed E-state index contributed by atoms with van der Waals surface area (Å²) in [5.41, 5.74) is 0.0848. The number of rotatable bonds is 4. The van der Waals surface area contributed by atoms with E-state index in [2.05, 4.69) is 4.90 Å². The molecule has 2 aliphatic heterocycles. The van der Waals surface area contributed by atoms with Crippen molar-refractivity contribution < 1.29 is 14.6 Å². The molecule has 1 aliphatic carbocycles. The van der Waals surface area contributed by atoms with E-state index in [0.29, 0.717) is 19.5 Å². The first kappa shape index (κ1) is 13.3. The maximum atomic E-state index is 11.5. The highest BCUT2D eigenvalue weighted by molar-refractivity contribution is 5.78. The second kappa shape index (κ2) is 5.38. The fourth-order valence-corrected chi connectivity index (χ4v) is 3.46. The van der Waals surface area contributed by atoms with Gasteiger partial charge in [0.25, 0.3) is 0 Å². The van der Waals surface area contributed by atoms with Gasteiger partial charge in [-0.2, -0.15) is 0 Å². The zero-order valence-electron chi connectivity index (χ0n) is 11.5. The summed E-state index contributed by atoms with van der Waals surface area (Å²) in [7, 11) is 0. The minimum Gasteiger partial charge on any atom is -0.390 e. The zero-order chi connectivity index (χ0) is 13.3. The fourth-order valence-electron chi connectivity index (χ4n) is 3.46. The van der Waals surface area contributed by atoms with Crippen LogP contribution in [0.3, 0.4) is 0 Å². The molecule has 3 aliphatic rings. The van der Waals surface area contributed by atoms with Gasteiger partial charge in [-0.25, -0.2) is 0 Å². The van der Waals surface area contributed by atoms with Gasteiger partial charge in [-0.15, -0.1) is 0 Å². The number of hydrogen-bond acceptors (Lipinski definition) is 4. The van der Waals surface area contributed by atoms with Crippen LogP contribution in [0.15, 0.2) is 0 Å². The number of aliphatic hydroxyl groups is 1. The Hall–Kier alpha value is -0.650. The first-order valence-corrected chi connectivity index (χ1v) is 7.49. The van der Waals surface area contributed by atoms with Gasteiger partial charge in [-0.1, -0.05) is 0 Å². The number of aliphatic hydroxyl groups excluding tert-OH is 1. The molecule has 0 aromatic heterocycles. The van der Waals surface area contributed by atoms with Gasteiger partial charge in [-0.3, -0.25) is 9.69 Å². The Morgan fingerprint density at radius 1 is 1.26 bits per heavy atom. The summed E-state index contributed by atoms with van der Waals surface area (Å²) in [6, 6.07) is 0. The molecular formula is C14H24N2O3. The number of likely N-dealkylation sites (tertiary alicyclic amines) is 1. The normalized spacial score (nSPS) is 28.7. The van der Waals surface area contributed by atoms with Crippen molar-refractivity contribution in [1.29, 1.82) is 0 Å². The van der Waals surface area contributed by atoms with Crippen molar-refractivity contribution in [3.63, 3.8) is 0 Å².